The molecule has 2 aromatic heterocycles. The molecule has 0 aliphatic heterocycles. The first-order chi connectivity index (χ1) is 11.3. The first kappa shape index (κ1) is 14.2. The molecule has 1 atom stereocenters. The quantitative estimate of drug-likeness (QED) is 0.798. The van der Waals surface area contributed by atoms with Gasteiger partial charge in [0.15, 0.2) is 5.65 Å². The zero-order chi connectivity index (χ0) is 15.6. The van der Waals surface area contributed by atoms with Gasteiger partial charge in [0.05, 0.1) is 11.6 Å². The maximum Gasteiger partial charge on any atom is 0.328 e. The van der Waals surface area contributed by atoms with Crippen molar-refractivity contribution in [2.75, 3.05) is 0 Å². The van der Waals surface area contributed by atoms with Crippen molar-refractivity contribution >= 4 is 11.2 Å². The summed E-state index contributed by atoms with van der Waals surface area (Å²) in [5.74, 6) is 0.491. The number of aromatic amines is 1. The minimum absolute atomic E-state index is 0.0573. The molecule has 4 heteroatoms. The number of pyridine rings is 1. The van der Waals surface area contributed by atoms with Crippen LogP contribution in [-0.4, -0.2) is 14.5 Å². The van der Waals surface area contributed by atoms with Crippen molar-refractivity contribution in [3.8, 4) is 0 Å². The number of rotatable bonds is 3. The van der Waals surface area contributed by atoms with E-state index in [1.807, 2.05) is 22.8 Å². The van der Waals surface area contributed by atoms with E-state index in [4.69, 9.17) is 0 Å². The van der Waals surface area contributed by atoms with Crippen LogP contribution in [0.3, 0.4) is 0 Å². The zero-order valence-electron chi connectivity index (χ0n) is 13.1. The van der Waals surface area contributed by atoms with Crippen LogP contribution in [0.25, 0.3) is 11.2 Å². The molecule has 118 valence electrons. The van der Waals surface area contributed by atoms with Gasteiger partial charge in [-0.05, 0) is 36.5 Å². The van der Waals surface area contributed by atoms with E-state index in [0.29, 0.717) is 5.92 Å². The van der Waals surface area contributed by atoms with Crippen LogP contribution in [0, 0.1) is 5.92 Å². The van der Waals surface area contributed by atoms with E-state index in [1.54, 1.807) is 6.20 Å². The molecule has 1 aliphatic carbocycles. The van der Waals surface area contributed by atoms with E-state index in [-0.39, 0.29) is 11.7 Å². The molecule has 1 N–H and O–H groups in total. The molecule has 0 radical (unpaired) electrons. The molecule has 1 fully saturated rings. The number of nitrogens with zero attached hydrogens (tertiary/aromatic N) is 2. The Morgan fingerprint density at radius 1 is 1.04 bits per heavy atom. The predicted molar refractivity (Wildman–Crippen MR) is 91.5 cm³/mol. The highest BCUT2D eigenvalue weighted by Gasteiger charge is 2.29. The van der Waals surface area contributed by atoms with E-state index in [9.17, 15) is 4.79 Å². The predicted octanol–water partition coefficient (Wildman–Crippen LogP) is 3.89. The van der Waals surface area contributed by atoms with Crippen molar-refractivity contribution in [3.63, 3.8) is 0 Å². The maximum absolute atomic E-state index is 12.7. The molecule has 0 saturated heterocycles. The Morgan fingerprint density at radius 3 is 2.61 bits per heavy atom. The average Bonchev–Trinajstić information content (AvgIpc) is 2.94. The molecular formula is C19H21N3O. The van der Waals surface area contributed by atoms with Crippen LogP contribution in [0.5, 0.6) is 0 Å². The normalized spacial score (nSPS) is 17.4. The van der Waals surface area contributed by atoms with E-state index < -0.39 is 0 Å². The fraction of sp³-hybridized carbons (Fsp3) is 0.368. The van der Waals surface area contributed by atoms with Gasteiger partial charge in [-0.15, -0.1) is 0 Å². The number of nitrogens with one attached hydrogen (secondary N) is 1. The summed E-state index contributed by atoms with van der Waals surface area (Å²) in [4.78, 5) is 20.1. The third-order valence-corrected chi connectivity index (χ3v) is 4.99. The molecule has 0 amide bonds. The van der Waals surface area contributed by atoms with E-state index in [2.05, 4.69) is 34.2 Å². The van der Waals surface area contributed by atoms with Crippen molar-refractivity contribution < 1.29 is 0 Å². The monoisotopic (exact) mass is 307 g/mol. The molecule has 3 aromatic rings. The molecule has 0 bridgehead atoms. The lowest BCUT2D eigenvalue weighted by Gasteiger charge is -2.31. The van der Waals surface area contributed by atoms with Crippen LogP contribution in [0.15, 0.2) is 53.5 Å². The Labute approximate surface area is 135 Å². The largest absolute Gasteiger partial charge is 0.328 e. The number of aromatic nitrogens is 3. The van der Waals surface area contributed by atoms with Gasteiger partial charge in [-0.1, -0.05) is 49.6 Å². The number of hydrogen-bond acceptors (Lipinski definition) is 2. The minimum Gasteiger partial charge on any atom is -0.304 e. The van der Waals surface area contributed by atoms with Crippen LogP contribution in [0.1, 0.15) is 43.7 Å². The van der Waals surface area contributed by atoms with Crippen LogP contribution in [0.4, 0.5) is 0 Å². The highest BCUT2D eigenvalue weighted by atomic mass is 16.1. The Bertz CT molecular complexity index is 844. The highest BCUT2D eigenvalue weighted by Crippen LogP contribution is 2.37. The first-order valence-corrected chi connectivity index (χ1v) is 8.45. The summed E-state index contributed by atoms with van der Waals surface area (Å²) in [6, 6.07) is 14.2. The average molecular weight is 307 g/mol. The summed E-state index contributed by atoms with van der Waals surface area (Å²) in [7, 11) is 0. The molecule has 1 unspecified atom stereocenters. The van der Waals surface area contributed by atoms with Crippen LogP contribution in [-0.2, 0) is 0 Å². The Balaban J connectivity index is 1.90. The molecule has 23 heavy (non-hydrogen) atoms. The number of hydrogen-bond donors (Lipinski definition) is 1. The summed E-state index contributed by atoms with van der Waals surface area (Å²) < 4.78 is 1.88. The summed E-state index contributed by atoms with van der Waals surface area (Å²) in [5, 5.41) is 0. The number of fused-ring (bicyclic) bond motifs is 1. The van der Waals surface area contributed by atoms with Crippen LogP contribution in [0.2, 0.25) is 0 Å². The van der Waals surface area contributed by atoms with Gasteiger partial charge in [0.2, 0.25) is 0 Å². The standard InChI is InChI=1S/C19H21N3O/c23-19-21-16-12-7-13-20-18(16)22(19)17(14-8-3-1-4-9-14)15-10-5-2-6-11-15/h1,3-4,7-9,12-13,15,17H,2,5-6,10-11H2,(H,21,23). The fourth-order valence-electron chi connectivity index (χ4n) is 3.95. The number of benzene rings is 1. The summed E-state index contributed by atoms with van der Waals surface area (Å²) >= 11 is 0. The van der Waals surface area contributed by atoms with Gasteiger partial charge in [0.25, 0.3) is 0 Å². The zero-order valence-corrected chi connectivity index (χ0v) is 13.1. The molecule has 4 rings (SSSR count). The van der Waals surface area contributed by atoms with Gasteiger partial charge >= 0.3 is 5.69 Å². The lowest BCUT2D eigenvalue weighted by molar-refractivity contribution is 0.279. The highest BCUT2D eigenvalue weighted by molar-refractivity contribution is 5.70. The van der Waals surface area contributed by atoms with Crippen molar-refractivity contribution in [2.45, 2.75) is 38.1 Å². The van der Waals surface area contributed by atoms with Gasteiger partial charge in [0, 0.05) is 6.20 Å². The van der Waals surface area contributed by atoms with E-state index in [0.717, 1.165) is 11.2 Å². The summed E-state index contributed by atoms with van der Waals surface area (Å²) in [6.45, 7) is 0. The summed E-state index contributed by atoms with van der Waals surface area (Å²) in [5.41, 5.74) is 2.72. The first-order valence-electron chi connectivity index (χ1n) is 8.45. The molecule has 1 saturated carbocycles. The third-order valence-electron chi connectivity index (χ3n) is 4.99. The second-order valence-corrected chi connectivity index (χ2v) is 6.43. The van der Waals surface area contributed by atoms with Gasteiger partial charge in [-0.2, -0.15) is 0 Å². The Morgan fingerprint density at radius 2 is 1.83 bits per heavy atom. The fourth-order valence-corrected chi connectivity index (χ4v) is 3.95. The lowest BCUT2D eigenvalue weighted by atomic mass is 9.81. The smallest absolute Gasteiger partial charge is 0.304 e. The van der Waals surface area contributed by atoms with E-state index >= 15 is 0 Å². The summed E-state index contributed by atoms with van der Waals surface area (Å²) in [6.07, 6.45) is 7.90. The van der Waals surface area contributed by atoms with Gasteiger partial charge < -0.3 is 4.98 Å². The van der Waals surface area contributed by atoms with Crippen molar-refractivity contribution in [2.24, 2.45) is 5.92 Å². The maximum atomic E-state index is 12.7. The molecule has 2 heterocycles. The van der Waals surface area contributed by atoms with Crippen molar-refractivity contribution in [1.29, 1.82) is 0 Å². The van der Waals surface area contributed by atoms with Crippen LogP contribution >= 0.6 is 0 Å². The molecule has 1 aromatic carbocycles. The topological polar surface area (TPSA) is 50.7 Å². The lowest BCUT2D eigenvalue weighted by Crippen LogP contribution is -2.30. The van der Waals surface area contributed by atoms with Gasteiger partial charge in [-0.25, -0.2) is 9.78 Å². The third kappa shape index (κ3) is 2.58. The molecular weight excluding hydrogens is 286 g/mol. The molecule has 0 spiro atoms. The Hall–Kier alpha value is -2.36. The van der Waals surface area contributed by atoms with E-state index in [1.165, 1.54) is 37.7 Å². The number of imidazole rings is 1. The van der Waals surface area contributed by atoms with Gasteiger partial charge in [0.1, 0.15) is 0 Å². The minimum atomic E-state index is -0.0573. The Kier molecular flexibility index (Phi) is 3.74. The number of H-pyrrole nitrogens is 1. The second-order valence-electron chi connectivity index (χ2n) is 6.43. The van der Waals surface area contributed by atoms with Crippen molar-refractivity contribution in [1.82, 2.24) is 14.5 Å². The van der Waals surface area contributed by atoms with Crippen LogP contribution < -0.4 is 5.69 Å². The van der Waals surface area contributed by atoms with Gasteiger partial charge in [-0.3, -0.25) is 4.57 Å². The second kappa shape index (κ2) is 6.03. The van der Waals surface area contributed by atoms with Crippen molar-refractivity contribution in [3.05, 3.63) is 64.7 Å². The molecule has 4 nitrogen and oxygen atoms in total. The molecule has 1 aliphatic rings. The SMILES string of the molecule is O=c1[nH]c2cccnc2n1C(c1ccccc1)C1CCCCC1.